The van der Waals surface area contributed by atoms with Crippen LogP contribution in [0.2, 0.25) is 0 Å². The number of hydrogen-bond acceptors (Lipinski definition) is 11. The van der Waals surface area contributed by atoms with Crippen LogP contribution in [0.3, 0.4) is 0 Å². The Morgan fingerprint density at radius 1 is 1.00 bits per heavy atom. The fourth-order valence-corrected chi connectivity index (χ4v) is 9.45. The fraction of sp³-hybridized carbons (Fsp3) is 0.366. The van der Waals surface area contributed by atoms with E-state index in [1.165, 1.54) is 42.3 Å². The van der Waals surface area contributed by atoms with Crippen LogP contribution in [0.15, 0.2) is 88.5 Å². The summed E-state index contributed by atoms with van der Waals surface area (Å²) >= 11 is 3.68. The topological polar surface area (TPSA) is 172 Å². The monoisotopic (exact) mass is 857 g/mol. The van der Waals surface area contributed by atoms with Crippen molar-refractivity contribution in [1.82, 2.24) is 19.6 Å². The van der Waals surface area contributed by atoms with Gasteiger partial charge in [0.05, 0.1) is 21.6 Å². The van der Waals surface area contributed by atoms with E-state index in [4.69, 9.17) is 9.47 Å². The zero-order chi connectivity index (χ0) is 39.5. The highest BCUT2D eigenvalue weighted by Crippen LogP contribution is 2.37. The number of amides is 1. The van der Waals surface area contributed by atoms with Crippen molar-refractivity contribution in [3.63, 3.8) is 0 Å². The molecule has 3 N–H and O–H groups in total. The van der Waals surface area contributed by atoms with Gasteiger partial charge in [0.25, 0.3) is 21.6 Å². The molecule has 298 valence electrons. The molecule has 5 aromatic rings. The van der Waals surface area contributed by atoms with E-state index in [1.807, 2.05) is 6.07 Å². The molecule has 4 heterocycles. The van der Waals surface area contributed by atoms with Gasteiger partial charge in [-0.1, -0.05) is 28.4 Å². The number of nitro groups is 1. The molecule has 0 saturated carbocycles. The van der Waals surface area contributed by atoms with Gasteiger partial charge in [-0.15, -0.1) is 0 Å². The second kappa shape index (κ2) is 16.8. The third-order valence-electron chi connectivity index (χ3n) is 11.2. The summed E-state index contributed by atoms with van der Waals surface area (Å²) in [6.45, 7) is 4.93. The minimum atomic E-state index is -4.54. The average molecular weight is 859 g/mol. The Morgan fingerprint density at radius 2 is 1.82 bits per heavy atom. The Kier molecular flexibility index (Phi) is 11.5. The first-order valence-corrected chi connectivity index (χ1v) is 21.6. The van der Waals surface area contributed by atoms with Crippen LogP contribution in [0, 0.1) is 16.0 Å². The number of nitrogens with one attached hydrogen (secondary N) is 3. The van der Waals surface area contributed by atoms with E-state index in [-0.39, 0.29) is 22.9 Å². The minimum absolute atomic E-state index is 0.0278. The highest BCUT2D eigenvalue weighted by molar-refractivity contribution is 9.10. The van der Waals surface area contributed by atoms with Crippen LogP contribution in [0.1, 0.15) is 59.6 Å². The summed E-state index contributed by atoms with van der Waals surface area (Å²) in [6.07, 6.45) is 9.51. The number of sulfonamides is 1. The first-order chi connectivity index (χ1) is 27.6. The van der Waals surface area contributed by atoms with Gasteiger partial charge in [0, 0.05) is 85.9 Å². The maximum absolute atomic E-state index is 13.9. The van der Waals surface area contributed by atoms with Crippen LogP contribution >= 0.6 is 15.9 Å². The molecular formula is C41H44BrN7O7S. The van der Waals surface area contributed by atoms with Crippen molar-refractivity contribution in [3.8, 4) is 11.5 Å². The first-order valence-electron chi connectivity index (χ1n) is 19.3. The number of fused-ring (bicyclic) bond motifs is 2. The van der Waals surface area contributed by atoms with Crippen molar-refractivity contribution in [2.75, 3.05) is 56.2 Å². The molecular weight excluding hydrogens is 814 g/mol. The Hall–Kier alpha value is -5.03. The Morgan fingerprint density at radius 3 is 2.63 bits per heavy atom. The number of anilines is 2. The van der Waals surface area contributed by atoms with E-state index in [2.05, 4.69) is 63.9 Å². The lowest BCUT2D eigenvalue weighted by molar-refractivity contribution is -0.384. The molecule has 1 atom stereocenters. The summed E-state index contributed by atoms with van der Waals surface area (Å²) in [6, 6.07) is 19.3. The summed E-state index contributed by atoms with van der Waals surface area (Å²) in [5.74, 6) is -0.167. The van der Waals surface area contributed by atoms with E-state index in [1.54, 1.807) is 30.5 Å². The van der Waals surface area contributed by atoms with Gasteiger partial charge in [-0.05, 0) is 97.7 Å². The molecule has 0 bridgehead atoms. The molecule has 2 aliphatic heterocycles. The normalized spacial score (nSPS) is 18.1. The van der Waals surface area contributed by atoms with Crippen LogP contribution in [0.25, 0.3) is 11.0 Å². The second-order valence-corrected chi connectivity index (χ2v) is 17.4. The van der Waals surface area contributed by atoms with Gasteiger partial charge >= 0.3 is 0 Å². The lowest BCUT2D eigenvalue weighted by Crippen LogP contribution is -2.47. The molecule has 1 aliphatic carbocycles. The van der Waals surface area contributed by atoms with Gasteiger partial charge in [0.15, 0.2) is 0 Å². The summed E-state index contributed by atoms with van der Waals surface area (Å²) < 4.78 is 42.2. The number of aryl methyl sites for hydroxylation is 1. The maximum atomic E-state index is 13.9. The predicted molar refractivity (Wildman–Crippen MR) is 221 cm³/mol. The summed E-state index contributed by atoms with van der Waals surface area (Å²) in [4.78, 5) is 37.1. The molecule has 3 aliphatic rings. The van der Waals surface area contributed by atoms with E-state index >= 15 is 0 Å². The van der Waals surface area contributed by atoms with Gasteiger partial charge in [-0.25, -0.2) is 18.1 Å². The van der Waals surface area contributed by atoms with E-state index < -0.39 is 31.4 Å². The number of H-pyrrole nitrogens is 1. The molecule has 2 saturated heterocycles. The van der Waals surface area contributed by atoms with Gasteiger partial charge < -0.3 is 24.7 Å². The van der Waals surface area contributed by atoms with Crippen molar-refractivity contribution in [2.45, 2.75) is 49.5 Å². The highest BCUT2D eigenvalue weighted by Gasteiger charge is 2.30. The first kappa shape index (κ1) is 38.8. The largest absolute Gasteiger partial charge is 0.455 e. The maximum Gasteiger partial charge on any atom is 0.293 e. The number of carbonyl (C=O) groups is 1. The third-order valence-corrected chi connectivity index (χ3v) is 13.0. The molecule has 0 radical (unpaired) electrons. The summed E-state index contributed by atoms with van der Waals surface area (Å²) in [5.41, 5.74) is 4.07. The second-order valence-electron chi connectivity index (χ2n) is 14.8. The Balaban J connectivity index is 1.02. The molecule has 1 amide bonds. The molecule has 8 rings (SSSR count). The Labute approximate surface area is 339 Å². The van der Waals surface area contributed by atoms with Crippen molar-refractivity contribution < 1.29 is 27.6 Å². The van der Waals surface area contributed by atoms with Gasteiger partial charge in [0.2, 0.25) is 0 Å². The van der Waals surface area contributed by atoms with Gasteiger partial charge in [-0.2, -0.15) is 0 Å². The molecule has 1 unspecified atom stereocenters. The van der Waals surface area contributed by atoms with Crippen LogP contribution in [0.5, 0.6) is 11.5 Å². The number of aromatic nitrogens is 2. The van der Waals surface area contributed by atoms with Gasteiger partial charge in [-0.3, -0.25) is 19.8 Å². The zero-order valence-corrected chi connectivity index (χ0v) is 33.7. The lowest BCUT2D eigenvalue weighted by atomic mass is 9.97. The van der Waals surface area contributed by atoms with Crippen molar-refractivity contribution in [2.24, 2.45) is 5.92 Å². The molecule has 2 aromatic heterocycles. The van der Waals surface area contributed by atoms with Crippen LogP contribution < -0.4 is 19.7 Å². The number of piperazine rings is 1. The van der Waals surface area contributed by atoms with Crippen LogP contribution in [-0.2, 0) is 21.2 Å². The average Bonchev–Trinajstić information content (AvgIpc) is 3.59. The number of hydrogen-bond donors (Lipinski definition) is 3. The molecule has 57 heavy (non-hydrogen) atoms. The predicted octanol–water partition coefficient (Wildman–Crippen LogP) is 7.57. The number of pyridine rings is 1. The standard InChI is InChI=1S/C41H44BrN7O7S/c42-30-6-5-28-3-1-2-4-37(35(28)22-30)48-17-15-47(16-18-48)31-7-9-34(39(23-31)56-32-21-29-11-14-43-40(29)45-26-32)41(50)46-57(53,54)33-8-10-36(38(24-33)49(51)52)44-25-27-12-19-55-20-13-27/h5-11,14,21-24,26-27,37,44H,1-4,12-13,15-20,25H2,(H,43,45)(H,46,50). The zero-order valence-electron chi connectivity index (χ0n) is 31.3. The number of carbonyl (C=O) groups excluding carboxylic acids is 1. The number of benzene rings is 3. The molecule has 3 aromatic carbocycles. The fourth-order valence-electron chi connectivity index (χ4n) is 8.09. The van der Waals surface area contributed by atoms with Crippen LogP contribution in [-0.4, -0.2) is 80.1 Å². The minimum Gasteiger partial charge on any atom is -0.455 e. The Bertz CT molecular complexity index is 2390. The van der Waals surface area contributed by atoms with Crippen molar-refractivity contribution in [3.05, 3.63) is 110 Å². The number of nitro benzene ring substituents is 1. The molecule has 14 nitrogen and oxygen atoms in total. The summed E-state index contributed by atoms with van der Waals surface area (Å²) in [5, 5.41) is 15.9. The third kappa shape index (κ3) is 8.78. The molecule has 16 heteroatoms. The molecule has 2 fully saturated rings. The van der Waals surface area contributed by atoms with E-state index in [0.29, 0.717) is 37.2 Å². The number of halogens is 1. The highest BCUT2D eigenvalue weighted by atomic mass is 79.9. The van der Waals surface area contributed by atoms with E-state index in [9.17, 15) is 23.3 Å². The number of aromatic amines is 1. The summed E-state index contributed by atoms with van der Waals surface area (Å²) in [7, 11) is -4.54. The SMILES string of the molecule is O=C(NS(=O)(=O)c1ccc(NCC2CCOCC2)c([N+](=O)[O-])c1)c1ccc(N2CCN(C3CCCCc4ccc(Br)cc43)CC2)cc1Oc1cnc2[nH]ccc2c1. The number of rotatable bonds is 11. The van der Waals surface area contributed by atoms with Crippen molar-refractivity contribution >= 4 is 60.0 Å². The molecule has 0 spiro atoms. The van der Waals surface area contributed by atoms with Crippen LogP contribution in [0.4, 0.5) is 17.1 Å². The quantitative estimate of drug-likeness (QED) is 0.0680. The van der Waals surface area contributed by atoms with Crippen molar-refractivity contribution in [1.29, 1.82) is 0 Å². The number of nitrogens with zero attached hydrogens (tertiary/aromatic N) is 4. The van der Waals surface area contributed by atoms with E-state index in [0.717, 1.165) is 73.5 Å². The smallest absolute Gasteiger partial charge is 0.293 e. The van der Waals surface area contributed by atoms with Gasteiger partial charge in [0.1, 0.15) is 22.8 Å². The lowest BCUT2D eigenvalue weighted by Gasteiger charge is -2.40. The number of ether oxygens (including phenoxy) is 2.